The minimum atomic E-state index is -2.24. The molecule has 1 aromatic carbocycles. The van der Waals surface area contributed by atoms with Crippen LogP contribution in [0.15, 0.2) is 30.3 Å². The van der Waals surface area contributed by atoms with Crippen LogP contribution in [0.5, 0.6) is 0 Å². The van der Waals surface area contributed by atoms with E-state index in [0.717, 1.165) is 19.8 Å². The fourth-order valence-electron chi connectivity index (χ4n) is 3.89. The highest BCUT2D eigenvalue weighted by atomic mass is 16.7. The van der Waals surface area contributed by atoms with Gasteiger partial charge in [-0.05, 0) is 38.2 Å². The van der Waals surface area contributed by atoms with Crippen LogP contribution in [-0.2, 0) is 44.5 Å². The lowest BCUT2D eigenvalue weighted by molar-refractivity contribution is -0.202. The Morgan fingerprint density at radius 1 is 1.00 bits per heavy atom. The molecule has 2 aliphatic rings. The van der Waals surface area contributed by atoms with Crippen LogP contribution in [0.3, 0.4) is 0 Å². The average Bonchev–Trinajstić information content (AvgIpc) is 3.74. The highest BCUT2D eigenvalue weighted by Crippen LogP contribution is 2.37. The first kappa shape index (κ1) is 33.2. The molecule has 0 aromatic heterocycles. The molecule has 10 heteroatoms. The van der Waals surface area contributed by atoms with Crippen LogP contribution < -0.4 is 0 Å². The third-order valence-corrected chi connectivity index (χ3v) is 6.34. The molecule has 2 N–H and O–H groups in total. The predicted molar refractivity (Wildman–Crippen MR) is 145 cm³/mol. The van der Waals surface area contributed by atoms with Crippen molar-refractivity contribution in [3.05, 3.63) is 35.9 Å². The van der Waals surface area contributed by atoms with Crippen molar-refractivity contribution >= 4 is 17.9 Å². The normalized spacial score (nSPS) is 23.6. The summed E-state index contributed by atoms with van der Waals surface area (Å²) in [7, 11) is 0. The van der Waals surface area contributed by atoms with Crippen LogP contribution in [-0.4, -0.2) is 77.6 Å². The van der Waals surface area contributed by atoms with E-state index >= 15 is 0 Å². The number of aliphatic hydroxyl groups excluding tert-OH is 2. The summed E-state index contributed by atoms with van der Waals surface area (Å²) in [6.07, 6.45) is -0.671. The second-order valence-electron chi connectivity index (χ2n) is 9.63. The lowest BCUT2D eigenvalue weighted by Gasteiger charge is -2.34. The van der Waals surface area contributed by atoms with Gasteiger partial charge in [0, 0.05) is 19.3 Å². The molecule has 1 heterocycles. The van der Waals surface area contributed by atoms with Gasteiger partial charge in [0.05, 0.1) is 19.8 Å². The first-order valence-corrected chi connectivity index (χ1v) is 13.9. The second kappa shape index (κ2) is 15.7. The van der Waals surface area contributed by atoms with Gasteiger partial charge in [0.15, 0.2) is 12.4 Å². The quantitative estimate of drug-likeness (QED) is 0.179. The largest absolute Gasteiger partial charge is 0.463 e. The molecule has 40 heavy (non-hydrogen) atoms. The van der Waals surface area contributed by atoms with Gasteiger partial charge >= 0.3 is 17.9 Å². The summed E-state index contributed by atoms with van der Waals surface area (Å²) in [5, 5.41) is 21.0. The molecule has 0 amide bonds. The van der Waals surface area contributed by atoms with E-state index in [1.54, 1.807) is 44.2 Å². The Bertz CT molecular complexity index is 1010. The molecule has 0 spiro atoms. The molecule has 1 aromatic rings. The molecule has 1 saturated carbocycles. The molecular formula is C30H42O10. The molecule has 10 nitrogen and oxygen atoms in total. The molecule has 0 radical (unpaired) electrons. The van der Waals surface area contributed by atoms with Crippen molar-refractivity contribution in [2.45, 2.75) is 96.4 Å². The third-order valence-electron chi connectivity index (χ3n) is 6.34. The standard InChI is InChI=1S/C26H32O10.C4H10/c1-4-32-23(30)26(24(31)33-5-2,15-19-9-7-6-8-10-19)34-16-20-25(36-17(3)27,14-13-18-11-12-18)21(28)22(29)35-20;1-3-4-2/h6-10,18,20-22,28-29H,4-5,11-12,15-16H2,1-3H3;3-4H2,1-2H3/t20-,21+,22?,25-;/m1./s1. The minimum absolute atomic E-state index is 0.0280. The van der Waals surface area contributed by atoms with Crippen molar-refractivity contribution in [3.63, 3.8) is 0 Å². The maximum atomic E-state index is 13.2. The Morgan fingerprint density at radius 3 is 2.05 bits per heavy atom. The lowest BCUT2D eigenvalue weighted by atomic mass is 9.91. The topological polar surface area (TPSA) is 138 Å². The Labute approximate surface area is 236 Å². The van der Waals surface area contributed by atoms with Crippen molar-refractivity contribution in [2.24, 2.45) is 5.92 Å². The molecule has 1 aliphatic heterocycles. The first-order chi connectivity index (χ1) is 19.1. The zero-order chi connectivity index (χ0) is 29.8. The fraction of sp³-hybridized carbons (Fsp3) is 0.633. The summed E-state index contributed by atoms with van der Waals surface area (Å²) in [6, 6.07) is 8.67. The smallest absolute Gasteiger partial charge is 0.350 e. The zero-order valence-corrected chi connectivity index (χ0v) is 24.0. The van der Waals surface area contributed by atoms with Crippen molar-refractivity contribution in [1.29, 1.82) is 0 Å². The van der Waals surface area contributed by atoms with Crippen LogP contribution >= 0.6 is 0 Å². The highest BCUT2D eigenvalue weighted by Gasteiger charge is 2.60. The maximum Gasteiger partial charge on any atom is 0.350 e. The fourth-order valence-corrected chi connectivity index (χ4v) is 3.89. The summed E-state index contributed by atoms with van der Waals surface area (Å²) in [6.45, 7) is 8.04. The van der Waals surface area contributed by atoms with Crippen molar-refractivity contribution < 1.29 is 48.3 Å². The number of ether oxygens (including phenoxy) is 5. The zero-order valence-electron chi connectivity index (χ0n) is 24.0. The van der Waals surface area contributed by atoms with Gasteiger partial charge in [-0.2, -0.15) is 0 Å². The van der Waals surface area contributed by atoms with E-state index in [-0.39, 0.29) is 25.6 Å². The van der Waals surface area contributed by atoms with Gasteiger partial charge in [-0.25, -0.2) is 9.59 Å². The number of benzene rings is 1. The summed E-state index contributed by atoms with van der Waals surface area (Å²) < 4.78 is 27.2. The van der Waals surface area contributed by atoms with E-state index in [2.05, 4.69) is 25.7 Å². The van der Waals surface area contributed by atoms with Gasteiger partial charge < -0.3 is 33.9 Å². The van der Waals surface area contributed by atoms with Gasteiger partial charge in [-0.1, -0.05) is 62.9 Å². The van der Waals surface area contributed by atoms with E-state index < -0.39 is 54.2 Å². The van der Waals surface area contributed by atoms with Crippen LogP contribution in [0.1, 0.15) is 65.9 Å². The number of unbranched alkanes of at least 4 members (excludes halogenated alkanes) is 1. The summed E-state index contributed by atoms with van der Waals surface area (Å²) >= 11 is 0. The third kappa shape index (κ3) is 8.51. The predicted octanol–water partition coefficient (Wildman–Crippen LogP) is 2.71. The number of rotatable bonds is 11. The monoisotopic (exact) mass is 562 g/mol. The van der Waals surface area contributed by atoms with Gasteiger partial charge in [0.1, 0.15) is 6.10 Å². The number of hydrogen-bond acceptors (Lipinski definition) is 10. The van der Waals surface area contributed by atoms with Crippen LogP contribution in [0.4, 0.5) is 0 Å². The van der Waals surface area contributed by atoms with E-state index in [4.69, 9.17) is 23.7 Å². The maximum absolute atomic E-state index is 13.2. The van der Waals surface area contributed by atoms with Gasteiger partial charge in [-0.15, -0.1) is 0 Å². The summed E-state index contributed by atoms with van der Waals surface area (Å²) in [4.78, 5) is 38.3. The van der Waals surface area contributed by atoms with Crippen LogP contribution in [0.25, 0.3) is 0 Å². The van der Waals surface area contributed by atoms with E-state index in [0.29, 0.717) is 5.56 Å². The van der Waals surface area contributed by atoms with Crippen molar-refractivity contribution in [3.8, 4) is 11.8 Å². The minimum Gasteiger partial charge on any atom is -0.463 e. The van der Waals surface area contributed by atoms with Crippen LogP contribution in [0, 0.1) is 17.8 Å². The summed E-state index contributed by atoms with van der Waals surface area (Å²) in [5.74, 6) is 3.05. The van der Waals surface area contributed by atoms with Gasteiger partial charge in [0.2, 0.25) is 5.60 Å². The second-order valence-corrected chi connectivity index (χ2v) is 9.63. The Kier molecular flexibility index (Phi) is 13.1. The molecule has 1 aliphatic carbocycles. The Hall–Kier alpha value is -2.97. The van der Waals surface area contributed by atoms with E-state index in [1.165, 1.54) is 12.8 Å². The molecular weight excluding hydrogens is 520 g/mol. The Morgan fingerprint density at radius 2 is 1.57 bits per heavy atom. The molecule has 1 unspecified atom stereocenters. The molecule has 3 rings (SSSR count). The van der Waals surface area contributed by atoms with Gasteiger partial charge in [0.25, 0.3) is 5.60 Å². The first-order valence-electron chi connectivity index (χ1n) is 13.9. The SMILES string of the molecule is CCCC.CCOC(=O)C(Cc1ccccc1)(OC[C@H]1OC(O)[C@H](O)[C@]1(C#CC1CC1)OC(C)=O)C(=O)OCC. The lowest BCUT2D eigenvalue weighted by Crippen LogP contribution is -2.57. The number of carbonyl (C=O) groups is 3. The average molecular weight is 563 g/mol. The molecule has 4 atom stereocenters. The molecule has 2 fully saturated rings. The van der Waals surface area contributed by atoms with Gasteiger partial charge in [-0.3, -0.25) is 4.79 Å². The van der Waals surface area contributed by atoms with E-state index in [1.807, 2.05) is 0 Å². The number of esters is 3. The summed E-state index contributed by atoms with van der Waals surface area (Å²) in [5.41, 5.74) is -3.62. The number of aliphatic hydroxyl groups is 2. The number of hydrogen-bond donors (Lipinski definition) is 2. The number of carbonyl (C=O) groups excluding carboxylic acids is 3. The van der Waals surface area contributed by atoms with E-state index in [9.17, 15) is 24.6 Å². The molecule has 0 bridgehead atoms. The molecule has 222 valence electrons. The molecule has 1 saturated heterocycles. The van der Waals surface area contributed by atoms with Crippen molar-refractivity contribution in [2.75, 3.05) is 19.8 Å². The highest BCUT2D eigenvalue weighted by molar-refractivity contribution is 6.04. The van der Waals surface area contributed by atoms with Crippen molar-refractivity contribution in [1.82, 2.24) is 0 Å². The Balaban J connectivity index is 0.00000131. The van der Waals surface area contributed by atoms with Crippen LogP contribution in [0.2, 0.25) is 0 Å².